The van der Waals surface area contributed by atoms with Crippen molar-refractivity contribution >= 4 is 23.4 Å². The summed E-state index contributed by atoms with van der Waals surface area (Å²) in [6.45, 7) is 5.38. The van der Waals surface area contributed by atoms with Gasteiger partial charge >= 0.3 is 0 Å². The zero-order chi connectivity index (χ0) is 16.8. The molecule has 2 aromatic carbocycles. The Morgan fingerprint density at radius 3 is 2.58 bits per heavy atom. The maximum Gasteiger partial charge on any atom is 0.248 e. The van der Waals surface area contributed by atoms with Gasteiger partial charge in [-0.1, -0.05) is 29.8 Å². The molecule has 24 heavy (non-hydrogen) atoms. The van der Waals surface area contributed by atoms with Gasteiger partial charge in [-0.05, 0) is 42.8 Å². The van der Waals surface area contributed by atoms with Crippen LogP contribution < -0.4 is 10.2 Å². The van der Waals surface area contributed by atoms with E-state index in [2.05, 4.69) is 10.2 Å². The molecule has 1 fully saturated rings. The molecule has 0 saturated carbocycles. The molecule has 0 unspecified atom stereocenters. The van der Waals surface area contributed by atoms with Crippen molar-refractivity contribution in [3.63, 3.8) is 0 Å². The summed E-state index contributed by atoms with van der Waals surface area (Å²) in [5.74, 6) is -0.129. The van der Waals surface area contributed by atoms with Crippen molar-refractivity contribution in [2.45, 2.75) is 6.92 Å². The van der Waals surface area contributed by atoms with Gasteiger partial charge in [0.05, 0.1) is 13.2 Å². The molecule has 2 aromatic rings. The summed E-state index contributed by atoms with van der Waals surface area (Å²) >= 11 is 0. The molecule has 0 atom stereocenters. The number of anilines is 2. The fraction of sp³-hybridized carbons (Fsp3) is 0.250. The molecule has 1 saturated heterocycles. The van der Waals surface area contributed by atoms with Crippen LogP contribution in [-0.2, 0) is 9.53 Å². The van der Waals surface area contributed by atoms with Gasteiger partial charge in [0, 0.05) is 30.5 Å². The van der Waals surface area contributed by atoms with E-state index in [1.54, 1.807) is 6.08 Å². The van der Waals surface area contributed by atoms with Crippen LogP contribution in [0.3, 0.4) is 0 Å². The first-order valence-electron chi connectivity index (χ1n) is 8.19. The van der Waals surface area contributed by atoms with Crippen LogP contribution in [0, 0.1) is 6.92 Å². The van der Waals surface area contributed by atoms with Crippen LogP contribution in [0.15, 0.2) is 54.6 Å². The van der Waals surface area contributed by atoms with Crippen LogP contribution in [0.2, 0.25) is 0 Å². The summed E-state index contributed by atoms with van der Waals surface area (Å²) < 4.78 is 5.36. The Kier molecular flexibility index (Phi) is 5.29. The number of carbonyl (C=O) groups excluding carboxylic acids is 1. The predicted molar refractivity (Wildman–Crippen MR) is 98.3 cm³/mol. The van der Waals surface area contributed by atoms with Gasteiger partial charge in [0.2, 0.25) is 5.91 Å². The molecule has 0 aromatic heterocycles. The Hall–Kier alpha value is -2.59. The second-order valence-electron chi connectivity index (χ2n) is 5.88. The summed E-state index contributed by atoms with van der Waals surface area (Å²) in [7, 11) is 0. The Morgan fingerprint density at radius 1 is 1.12 bits per heavy atom. The second kappa shape index (κ2) is 7.79. The van der Waals surface area contributed by atoms with Crippen molar-refractivity contribution in [2.24, 2.45) is 0 Å². The van der Waals surface area contributed by atoms with Crippen molar-refractivity contribution in [3.05, 3.63) is 65.7 Å². The highest BCUT2D eigenvalue weighted by Gasteiger charge is 2.10. The van der Waals surface area contributed by atoms with E-state index in [1.165, 1.54) is 5.56 Å². The normalized spacial score (nSPS) is 14.8. The molecule has 4 nitrogen and oxygen atoms in total. The standard InChI is InChI=1S/C20H22N2O2/c1-16-3-2-4-17(15-16)5-10-20(23)21-18-6-8-19(9-7-18)22-11-13-24-14-12-22/h2-10,15H,11-14H2,1H3,(H,21,23)/b10-5+. The van der Waals surface area contributed by atoms with Gasteiger partial charge in [0.15, 0.2) is 0 Å². The highest BCUT2D eigenvalue weighted by atomic mass is 16.5. The quantitative estimate of drug-likeness (QED) is 0.876. The molecule has 0 spiro atoms. The minimum atomic E-state index is -0.129. The molecule has 1 aliphatic heterocycles. The van der Waals surface area contributed by atoms with E-state index in [4.69, 9.17) is 4.74 Å². The van der Waals surface area contributed by atoms with Gasteiger partial charge in [0.1, 0.15) is 0 Å². The molecule has 1 N–H and O–H groups in total. The lowest BCUT2D eigenvalue weighted by Gasteiger charge is -2.28. The average Bonchev–Trinajstić information content (AvgIpc) is 2.61. The summed E-state index contributed by atoms with van der Waals surface area (Å²) in [6.07, 6.45) is 3.38. The molecule has 3 rings (SSSR count). The smallest absolute Gasteiger partial charge is 0.248 e. The Balaban J connectivity index is 1.58. The zero-order valence-electron chi connectivity index (χ0n) is 13.9. The molecule has 4 heteroatoms. The second-order valence-corrected chi connectivity index (χ2v) is 5.88. The number of benzene rings is 2. The van der Waals surface area contributed by atoms with Crippen molar-refractivity contribution < 1.29 is 9.53 Å². The van der Waals surface area contributed by atoms with Gasteiger partial charge in [-0.15, -0.1) is 0 Å². The summed E-state index contributed by atoms with van der Waals surface area (Å²) in [4.78, 5) is 14.3. The van der Waals surface area contributed by atoms with E-state index in [0.717, 1.165) is 43.2 Å². The minimum Gasteiger partial charge on any atom is -0.378 e. The van der Waals surface area contributed by atoms with E-state index in [-0.39, 0.29) is 5.91 Å². The average molecular weight is 322 g/mol. The summed E-state index contributed by atoms with van der Waals surface area (Å²) in [5, 5.41) is 2.89. The van der Waals surface area contributed by atoms with Crippen LogP contribution >= 0.6 is 0 Å². The van der Waals surface area contributed by atoms with Crippen LogP contribution in [0.5, 0.6) is 0 Å². The van der Waals surface area contributed by atoms with Crippen molar-refractivity contribution in [1.82, 2.24) is 0 Å². The van der Waals surface area contributed by atoms with Gasteiger partial charge in [-0.3, -0.25) is 4.79 Å². The van der Waals surface area contributed by atoms with Crippen molar-refractivity contribution in [3.8, 4) is 0 Å². The van der Waals surface area contributed by atoms with Crippen molar-refractivity contribution in [2.75, 3.05) is 36.5 Å². The number of rotatable bonds is 4. The number of amides is 1. The van der Waals surface area contributed by atoms with Crippen LogP contribution in [0.1, 0.15) is 11.1 Å². The van der Waals surface area contributed by atoms with E-state index >= 15 is 0 Å². The van der Waals surface area contributed by atoms with Crippen LogP contribution in [0.4, 0.5) is 11.4 Å². The fourth-order valence-electron chi connectivity index (χ4n) is 2.71. The predicted octanol–water partition coefficient (Wildman–Crippen LogP) is 3.48. The lowest BCUT2D eigenvalue weighted by molar-refractivity contribution is -0.111. The number of carbonyl (C=O) groups is 1. The number of morpholine rings is 1. The third kappa shape index (κ3) is 4.46. The first kappa shape index (κ1) is 16.3. The number of aryl methyl sites for hydroxylation is 1. The molecule has 0 aliphatic carbocycles. The zero-order valence-corrected chi connectivity index (χ0v) is 13.9. The number of nitrogens with zero attached hydrogens (tertiary/aromatic N) is 1. The molecule has 1 amide bonds. The minimum absolute atomic E-state index is 0.129. The van der Waals surface area contributed by atoms with Gasteiger partial charge in [-0.2, -0.15) is 0 Å². The monoisotopic (exact) mass is 322 g/mol. The van der Waals surface area contributed by atoms with Crippen LogP contribution in [0.25, 0.3) is 6.08 Å². The summed E-state index contributed by atoms with van der Waals surface area (Å²) in [5.41, 5.74) is 4.15. The van der Waals surface area contributed by atoms with Gasteiger partial charge in [0.25, 0.3) is 0 Å². The number of hydrogen-bond acceptors (Lipinski definition) is 3. The Bertz CT molecular complexity index is 717. The molecular formula is C20H22N2O2. The highest BCUT2D eigenvalue weighted by Crippen LogP contribution is 2.19. The van der Waals surface area contributed by atoms with E-state index in [9.17, 15) is 4.79 Å². The number of nitrogens with one attached hydrogen (secondary N) is 1. The van der Waals surface area contributed by atoms with Crippen molar-refractivity contribution in [1.29, 1.82) is 0 Å². The molecule has 124 valence electrons. The Morgan fingerprint density at radius 2 is 1.88 bits per heavy atom. The Labute approximate surface area is 142 Å². The highest BCUT2D eigenvalue weighted by molar-refractivity contribution is 6.02. The molecule has 0 bridgehead atoms. The van der Waals surface area contributed by atoms with Crippen LogP contribution in [-0.4, -0.2) is 32.2 Å². The maximum atomic E-state index is 12.0. The number of hydrogen-bond donors (Lipinski definition) is 1. The van der Waals surface area contributed by atoms with E-state index in [0.29, 0.717) is 0 Å². The molecular weight excluding hydrogens is 300 g/mol. The topological polar surface area (TPSA) is 41.6 Å². The first-order chi connectivity index (χ1) is 11.7. The maximum absolute atomic E-state index is 12.0. The lowest BCUT2D eigenvalue weighted by Crippen LogP contribution is -2.36. The van der Waals surface area contributed by atoms with E-state index < -0.39 is 0 Å². The third-order valence-corrected chi connectivity index (χ3v) is 3.98. The SMILES string of the molecule is Cc1cccc(/C=C/C(=O)Nc2ccc(N3CCOCC3)cc2)c1. The lowest BCUT2D eigenvalue weighted by atomic mass is 10.1. The molecule has 0 radical (unpaired) electrons. The summed E-state index contributed by atoms with van der Waals surface area (Å²) in [6, 6.07) is 16.0. The molecule has 1 heterocycles. The largest absolute Gasteiger partial charge is 0.378 e. The van der Waals surface area contributed by atoms with Gasteiger partial charge in [-0.25, -0.2) is 0 Å². The third-order valence-electron chi connectivity index (χ3n) is 3.98. The van der Waals surface area contributed by atoms with Gasteiger partial charge < -0.3 is 15.0 Å². The molecule has 1 aliphatic rings. The first-order valence-corrected chi connectivity index (χ1v) is 8.19. The van der Waals surface area contributed by atoms with E-state index in [1.807, 2.05) is 61.5 Å². The fourth-order valence-corrected chi connectivity index (χ4v) is 2.71. The number of ether oxygens (including phenoxy) is 1.